The zero-order valence-corrected chi connectivity index (χ0v) is 14.6. The largest absolute Gasteiger partial charge is 0.341 e. The number of likely N-dealkylation sites (tertiary alicyclic amines) is 1. The molecule has 23 heavy (non-hydrogen) atoms. The van der Waals surface area contributed by atoms with Gasteiger partial charge < -0.3 is 4.90 Å². The van der Waals surface area contributed by atoms with Crippen LogP contribution in [0.5, 0.6) is 0 Å². The lowest BCUT2D eigenvalue weighted by atomic mass is 9.93. The van der Waals surface area contributed by atoms with E-state index in [1.165, 1.54) is 18.4 Å². The maximum atomic E-state index is 12.1. The third kappa shape index (κ3) is 3.77. The molecule has 3 unspecified atom stereocenters. The predicted octanol–water partition coefficient (Wildman–Crippen LogP) is 3.54. The number of amides is 1. The number of allylic oxidation sites excluding steroid dienone is 5. The Balaban J connectivity index is 1.62. The van der Waals surface area contributed by atoms with Crippen molar-refractivity contribution < 1.29 is 4.79 Å². The molecule has 2 aliphatic heterocycles. The molecule has 2 heterocycles. The van der Waals surface area contributed by atoms with Crippen molar-refractivity contribution in [2.75, 3.05) is 19.6 Å². The Morgan fingerprint density at radius 3 is 2.78 bits per heavy atom. The second kappa shape index (κ2) is 7.48. The lowest BCUT2D eigenvalue weighted by molar-refractivity contribution is -0.131. The summed E-state index contributed by atoms with van der Waals surface area (Å²) in [6.07, 6.45) is 16.7. The molecule has 0 aromatic rings. The van der Waals surface area contributed by atoms with Gasteiger partial charge in [0.15, 0.2) is 0 Å². The van der Waals surface area contributed by atoms with Crippen LogP contribution in [-0.2, 0) is 4.79 Å². The summed E-state index contributed by atoms with van der Waals surface area (Å²) >= 11 is 0. The van der Waals surface area contributed by atoms with Gasteiger partial charge in [-0.1, -0.05) is 42.9 Å². The van der Waals surface area contributed by atoms with Crippen molar-refractivity contribution in [3.8, 4) is 0 Å². The number of hydrogen-bond acceptors (Lipinski definition) is 2. The quantitative estimate of drug-likeness (QED) is 0.741. The first-order chi connectivity index (χ1) is 11.2. The van der Waals surface area contributed by atoms with E-state index < -0.39 is 0 Å². The highest BCUT2D eigenvalue weighted by Crippen LogP contribution is 2.31. The average molecular weight is 314 g/mol. The number of hydrogen-bond donors (Lipinski definition) is 0. The van der Waals surface area contributed by atoms with Gasteiger partial charge >= 0.3 is 0 Å². The second-order valence-corrected chi connectivity index (χ2v) is 7.17. The van der Waals surface area contributed by atoms with Crippen molar-refractivity contribution in [2.45, 2.75) is 58.0 Å². The van der Waals surface area contributed by atoms with Gasteiger partial charge in [-0.25, -0.2) is 0 Å². The summed E-state index contributed by atoms with van der Waals surface area (Å²) in [5, 5.41) is 0. The molecular weight excluding hydrogens is 284 g/mol. The van der Waals surface area contributed by atoms with Gasteiger partial charge in [-0.3, -0.25) is 9.69 Å². The van der Waals surface area contributed by atoms with Crippen molar-refractivity contribution in [3.63, 3.8) is 0 Å². The minimum atomic E-state index is 0.323. The highest BCUT2D eigenvalue weighted by Gasteiger charge is 2.37. The van der Waals surface area contributed by atoms with Gasteiger partial charge in [0.25, 0.3) is 0 Å². The maximum absolute atomic E-state index is 12.1. The minimum Gasteiger partial charge on any atom is -0.341 e. The van der Waals surface area contributed by atoms with Crippen LogP contribution in [0.1, 0.15) is 46.0 Å². The lowest BCUT2D eigenvalue weighted by Crippen LogP contribution is -2.41. The van der Waals surface area contributed by atoms with Crippen molar-refractivity contribution in [3.05, 3.63) is 36.0 Å². The van der Waals surface area contributed by atoms with Crippen LogP contribution in [-0.4, -0.2) is 47.4 Å². The minimum absolute atomic E-state index is 0.323. The highest BCUT2D eigenvalue weighted by molar-refractivity contribution is 5.75. The Hall–Kier alpha value is -1.35. The Morgan fingerprint density at radius 1 is 1.22 bits per heavy atom. The Kier molecular flexibility index (Phi) is 5.37. The fourth-order valence-corrected chi connectivity index (χ4v) is 4.24. The molecule has 0 aromatic carbocycles. The van der Waals surface area contributed by atoms with E-state index in [0.29, 0.717) is 30.3 Å². The van der Waals surface area contributed by atoms with E-state index in [4.69, 9.17) is 0 Å². The van der Waals surface area contributed by atoms with Crippen molar-refractivity contribution >= 4 is 5.91 Å². The zero-order chi connectivity index (χ0) is 16.2. The second-order valence-electron chi connectivity index (χ2n) is 7.17. The van der Waals surface area contributed by atoms with Crippen LogP contribution >= 0.6 is 0 Å². The van der Waals surface area contributed by atoms with Crippen molar-refractivity contribution in [1.29, 1.82) is 0 Å². The highest BCUT2D eigenvalue weighted by atomic mass is 16.2. The molecule has 3 heteroatoms. The van der Waals surface area contributed by atoms with Crippen LogP contribution in [0.15, 0.2) is 36.0 Å². The average Bonchev–Trinajstić information content (AvgIpc) is 2.86. The molecule has 3 aliphatic rings. The normalized spacial score (nSPS) is 31.5. The molecule has 2 saturated heterocycles. The summed E-state index contributed by atoms with van der Waals surface area (Å²) in [4.78, 5) is 16.8. The number of carbonyl (C=O) groups is 1. The summed E-state index contributed by atoms with van der Waals surface area (Å²) in [6, 6.07) is 1.23. The van der Waals surface area contributed by atoms with Crippen LogP contribution in [0.25, 0.3) is 0 Å². The molecule has 126 valence electrons. The molecule has 0 radical (unpaired) electrons. The standard InChI is InChI=1S/C20H30N2O/c1-3-20(23)21-13-12-18-9-10-19(15-21)22(18)14-11-16(2)17-7-5-4-6-8-17/h4-7,11,17-19H,3,8-10,12-15H2,1-2H3/b16-11+. The van der Waals surface area contributed by atoms with Crippen LogP contribution in [0.2, 0.25) is 0 Å². The summed E-state index contributed by atoms with van der Waals surface area (Å²) in [5.74, 6) is 0.895. The van der Waals surface area contributed by atoms with Crippen molar-refractivity contribution in [2.24, 2.45) is 5.92 Å². The van der Waals surface area contributed by atoms with Gasteiger partial charge in [0.05, 0.1) is 0 Å². The van der Waals surface area contributed by atoms with E-state index in [-0.39, 0.29) is 0 Å². The van der Waals surface area contributed by atoms with E-state index in [9.17, 15) is 4.79 Å². The predicted molar refractivity (Wildman–Crippen MR) is 95.1 cm³/mol. The van der Waals surface area contributed by atoms with Crippen LogP contribution in [0.4, 0.5) is 0 Å². The van der Waals surface area contributed by atoms with Gasteiger partial charge in [-0.15, -0.1) is 0 Å². The third-order valence-electron chi connectivity index (χ3n) is 5.78. The first-order valence-electron chi connectivity index (χ1n) is 9.22. The number of nitrogens with zero attached hydrogens (tertiary/aromatic N) is 2. The topological polar surface area (TPSA) is 23.6 Å². The monoisotopic (exact) mass is 314 g/mol. The SMILES string of the molecule is CCC(=O)N1CCC2CCC(C1)N2C/C=C(\C)C1C=CC=CC1. The molecule has 1 aliphatic carbocycles. The Labute approximate surface area is 140 Å². The molecule has 0 N–H and O–H groups in total. The molecule has 0 aromatic heterocycles. The van der Waals surface area contributed by atoms with Gasteiger partial charge in [0.2, 0.25) is 5.91 Å². The first kappa shape index (κ1) is 16.5. The van der Waals surface area contributed by atoms with E-state index >= 15 is 0 Å². The van der Waals surface area contributed by atoms with Gasteiger partial charge in [-0.05, 0) is 32.6 Å². The van der Waals surface area contributed by atoms with E-state index in [0.717, 1.165) is 32.5 Å². The number of fused-ring (bicyclic) bond motifs is 2. The summed E-state index contributed by atoms with van der Waals surface area (Å²) in [6.45, 7) is 7.16. The summed E-state index contributed by atoms with van der Waals surface area (Å²) in [5.41, 5.74) is 1.48. The first-order valence-corrected chi connectivity index (χ1v) is 9.22. The molecule has 1 amide bonds. The molecule has 0 saturated carbocycles. The smallest absolute Gasteiger partial charge is 0.222 e. The molecule has 2 bridgehead atoms. The third-order valence-corrected chi connectivity index (χ3v) is 5.78. The fraction of sp³-hybridized carbons (Fsp3) is 0.650. The van der Waals surface area contributed by atoms with Crippen LogP contribution < -0.4 is 0 Å². The van der Waals surface area contributed by atoms with Gasteiger partial charge in [0.1, 0.15) is 0 Å². The Bertz CT molecular complexity index is 520. The van der Waals surface area contributed by atoms with E-state index in [1.54, 1.807) is 0 Å². The summed E-state index contributed by atoms with van der Waals surface area (Å²) in [7, 11) is 0. The van der Waals surface area contributed by atoms with Gasteiger partial charge in [0, 0.05) is 44.1 Å². The summed E-state index contributed by atoms with van der Waals surface area (Å²) < 4.78 is 0. The number of carbonyl (C=O) groups excluding carboxylic acids is 1. The maximum Gasteiger partial charge on any atom is 0.222 e. The molecular formula is C20H30N2O. The lowest BCUT2D eigenvalue weighted by Gasteiger charge is -2.28. The van der Waals surface area contributed by atoms with Crippen LogP contribution in [0.3, 0.4) is 0 Å². The fourth-order valence-electron chi connectivity index (χ4n) is 4.24. The van der Waals surface area contributed by atoms with E-state index in [1.807, 2.05) is 6.92 Å². The van der Waals surface area contributed by atoms with Gasteiger partial charge in [-0.2, -0.15) is 0 Å². The molecule has 2 fully saturated rings. The molecule has 3 atom stereocenters. The van der Waals surface area contributed by atoms with E-state index in [2.05, 4.69) is 47.1 Å². The Morgan fingerprint density at radius 2 is 2.04 bits per heavy atom. The molecule has 3 rings (SSSR count). The van der Waals surface area contributed by atoms with Crippen molar-refractivity contribution in [1.82, 2.24) is 9.80 Å². The molecule has 0 spiro atoms. The zero-order valence-electron chi connectivity index (χ0n) is 14.6. The van der Waals surface area contributed by atoms with Crippen LogP contribution in [0, 0.1) is 5.92 Å². The number of rotatable bonds is 4. The molecule has 3 nitrogen and oxygen atoms in total.